The lowest BCUT2D eigenvalue weighted by atomic mass is 10.4. The summed E-state index contributed by atoms with van der Waals surface area (Å²) in [5.74, 6) is 0. The van der Waals surface area contributed by atoms with Gasteiger partial charge in [-0.05, 0) is 13.5 Å². The van der Waals surface area contributed by atoms with Crippen LogP contribution in [0.25, 0.3) is 0 Å². The summed E-state index contributed by atoms with van der Waals surface area (Å²) in [4.78, 5) is 2.47. The molecule has 1 heterocycles. The fourth-order valence-corrected chi connectivity index (χ4v) is 4.15. The third-order valence-corrected chi connectivity index (χ3v) is 4.70. The van der Waals surface area contributed by atoms with Gasteiger partial charge in [-0.2, -0.15) is 0 Å². The molecule has 1 aliphatic heterocycles. The van der Waals surface area contributed by atoms with Gasteiger partial charge in [0, 0.05) is 27.1 Å². The molecular weight excluding hydrogens is 129 g/mol. The molecule has 0 aliphatic carbocycles. The van der Waals surface area contributed by atoms with Crippen LogP contribution < -0.4 is 0 Å². The Labute approximate surface area is 58.8 Å². The van der Waals surface area contributed by atoms with E-state index < -0.39 is 7.26 Å². The second-order valence-corrected chi connectivity index (χ2v) is 8.34. The van der Waals surface area contributed by atoms with Gasteiger partial charge in [0.25, 0.3) is 0 Å². The molecule has 0 aromatic rings. The number of hydrogen-bond donors (Lipinski definition) is 0. The maximum absolute atomic E-state index is 2.47. The largest absolute Gasteiger partial charge is 0.274 e. The van der Waals surface area contributed by atoms with E-state index >= 15 is 0 Å². The fraction of sp³-hybridized carbons (Fsp3) is 1.00. The van der Waals surface area contributed by atoms with Crippen molar-refractivity contribution in [2.75, 3.05) is 39.4 Å². The van der Waals surface area contributed by atoms with Crippen molar-refractivity contribution in [1.29, 1.82) is 0 Å². The van der Waals surface area contributed by atoms with Gasteiger partial charge < -0.3 is 0 Å². The highest BCUT2D eigenvalue weighted by atomic mass is 31.2. The smallest absolute Gasteiger partial charge is 0.111 e. The zero-order chi connectivity index (χ0) is 6.91. The summed E-state index contributed by atoms with van der Waals surface area (Å²) in [6.45, 7) is 6.24. The number of rotatable bonds is 0. The van der Waals surface area contributed by atoms with Crippen molar-refractivity contribution < 1.29 is 0 Å². The van der Waals surface area contributed by atoms with Crippen molar-refractivity contribution in [1.82, 2.24) is 4.90 Å². The molecule has 0 spiro atoms. The highest BCUT2D eigenvalue weighted by Gasteiger charge is 2.30. The summed E-state index contributed by atoms with van der Waals surface area (Å²) in [6, 6.07) is 0. The Kier molecular flexibility index (Phi) is 2.13. The van der Waals surface area contributed by atoms with E-state index in [1.165, 1.54) is 25.4 Å². The quantitative estimate of drug-likeness (QED) is 0.469. The summed E-state index contributed by atoms with van der Waals surface area (Å²) in [7, 11) is 1.77. The summed E-state index contributed by atoms with van der Waals surface area (Å²) in [5.41, 5.74) is 0. The number of nitrogens with zero attached hydrogens (tertiary/aromatic N) is 1. The first kappa shape index (κ1) is 7.50. The van der Waals surface area contributed by atoms with Gasteiger partial charge >= 0.3 is 0 Å². The van der Waals surface area contributed by atoms with Gasteiger partial charge in [-0.1, -0.05) is 0 Å². The van der Waals surface area contributed by atoms with E-state index in [9.17, 15) is 0 Å². The molecule has 0 radical (unpaired) electrons. The first-order valence-electron chi connectivity index (χ1n) is 3.61. The molecule has 0 aromatic heterocycles. The van der Waals surface area contributed by atoms with Gasteiger partial charge in [-0.25, -0.2) is 0 Å². The van der Waals surface area contributed by atoms with Crippen molar-refractivity contribution in [2.24, 2.45) is 0 Å². The van der Waals surface area contributed by atoms with Crippen LogP contribution in [-0.2, 0) is 0 Å². The molecule has 0 N–H and O–H groups in total. The monoisotopic (exact) mass is 146 g/mol. The van der Waals surface area contributed by atoms with Crippen LogP contribution in [0.1, 0.15) is 6.42 Å². The Morgan fingerprint density at radius 1 is 1.33 bits per heavy atom. The average molecular weight is 146 g/mol. The second-order valence-electron chi connectivity index (χ2n) is 3.73. The van der Waals surface area contributed by atoms with E-state index in [2.05, 4.69) is 25.3 Å². The van der Waals surface area contributed by atoms with E-state index in [4.69, 9.17) is 0 Å². The first-order chi connectivity index (χ1) is 4.10. The third-order valence-electron chi connectivity index (χ3n) is 1.93. The molecule has 1 aliphatic rings. The van der Waals surface area contributed by atoms with Crippen molar-refractivity contribution in [3.8, 4) is 0 Å². The zero-order valence-electron chi connectivity index (χ0n) is 6.72. The lowest BCUT2D eigenvalue weighted by Crippen LogP contribution is -2.29. The van der Waals surface area contributed by atoms with Crippen molar-refractivity contribution in [3.05, 3.63) is 0 Å². The van der Waals surface area contributed by atoms with Crippen LogP contribution in [-0.4, -0.2) is 44.3 Å². The summed E-state index contributed by atoms with van der Waals surface area (Å²) >= 11 is 0. The molecule has 0 bridgehead atoms. The van der Waals surface area contributed by atoms with Crippen molar-refractivity contribution in [2.45, 2.75) is 6.42 Å². The van der Waals surface area contributed by atoms with E-state index in [1.807, 2.05) is 0 Å². The molecule has 0 unspecified atom stereocenters. The molecule has 1 rings (SSSR count). The molecule has 0 amide bonds. The van der Waals surface area contributed by atoms with Crippen LogP contribution in [0.2, 0.25) is 0 Å². The van der Waals surface area contributed by atoms with Gasteiger partial charge in [-0.15, -0.1) is 0 Å². The van der Waals surface area contributed by atoms with E-state index in [0.717, 1.165) is 0 Å². The zero-order valence-corrected chi connectivity index (χ0v) is 7.62. The Balaban J connectivity index is 2.41. The molecule has 1 nitrogen and oxygen atoms in total. The van der Waals surface area contributed by atoms with Crippen LogP contribution in [0.3, 0.4) is 0 Å². The van der Waals surface area contributed by atoms with Crippen LogP contribution in [0, 0.1) is 0 Å². The Morgan fingerprint density at radius 2 is 2.00 bits per heavy atom. The number of hydrogen-bond acceptors (Lipinski definition) is 1. The predicted octanol–water partition coefficient (Wildman–Crippen LogP) is 1.56. The van der Waals surface area contributed by atoms with Gasteiger partial charge in [0.2, 0.25) is 0 Å². The minimum Gasteiger partial charge on any atom is -0.274 e. The van der Waals surface area contributed by atoms with Crippen LogP contribution in [0.15, 0.2) is 0 Å². The highest BCUT2D eigenvalue weighted by molar-refractivity contribution is 7.74. The molecular formula is C7H17NP+. The molecule has 0 aromatic carbocycles. The van der Waals surface area contributed by atoms with E-state index in [1.54, 1.807) is 0 Å². The first-order valence-corrected chi connectivity index (χ1v) is 6.66. The van der Waals surface area contributed by atoms with E-state index in [-0.39, 0.29) is 0 Å². The molecule has 0 saturated carbocycles. The van der Waals surface area contributed by atoms with Gasteiger partial charge in [0.15, 0.2) is 0 Å². The Hall–Kier alpha value is 0.390. The van der Waals surface area contributed by atoms with Gasteiger partial charge in [0.05, 0.1) is 6.16 Å². The highest BCUT2D eigenvalue weighted by Crippen LogP contribution is 2.53. The lowest BCUT2D eigenvalue weighted by Gasteiger charge is -2.29. The minimum absolute atomic E-state index is 0.467. The fourth-order valence-electron chi connectivity index (χ4n) is 1.56. The summed E-state index contributed by atoms with van der Waals surface area (Å²) in [5, 5.41) is 0. The molecule has 0 atom stereocenters. The lowest BCUT2D eigenvalue weighted by molar-refractivity contribution is 0.376. The maximum Gasteiger partial charge on any atom is 0.111 e. The Morgan fingerprint density at radius 3 is 2.33 bits per heavy atom. The minimum atomic E-state index is -0.467. The molecule has 1 saturated heterocycles. The Bertz CT molecular complexity index is 101. The van der Waals surface area contributed by atoms with Gasteiger partial charge in [-0.3, -0.25) is 4.90 Å². The standard InChI is InChI=1S/C7H17NP/c1-8-5-4-6-9(2,3)7-8/h4-7H2,1-3H3/q+1. The summed E-state index contributed by atoms with van der Waals surface area (Å²) < 4.78 is 0. The van der Waals surface area contributed by atoms with Crippen LogP contribution in [0.4, 0.5) is 0 Å². The van der Waals surface area contributed by atoms with E-state index in [0.29, 0.717) is 0 Å². The van der Waals surface area contributed by atoms with Gasteiger partial charge in [0.1, 0.15) is 6.29 Å². The third kappa shape index (κ3) is 2.23. The maximum atomic E-state index is 2.47. The molecule has 9 heavy (non-hydrogen) atoms. The predicted molar refractivity (Wildman–Crippen MR) is 45.7 cm³/mol. The average Bonchev–Trinajstić information content (AvgIpc) is 1.60. The molecule has 54 valence electrons. The van der Waals surface area contributed by atoms with Crippen molar-refractivity contribution in [3.63, 3.8) is 0 Å². The SMILES string of the molecule is CN1CCC[P+](C)(C)C1. The second kappa shape index (κ2) is 2.56. The van der Waals surface area contributed by atoms with Crippen LogP contribution >= 0.6 is 7.26 Å². The van der Waals surface area contributed by atoms with Crippen LogP contribution in [0.5, 0.6) is 0 Å². The topological polar surface area (TPSA) is 3.24 Å². The van der Waals surface area contributed by atoms with Crippen molar-refractivity contribution >= 4 is 7.26 Å². The molecule has 2 heteroatoms. The normalized spacial score (nSPS) is 28.3. The molecule has 1 fully saturated rings. The summed E-state index contributed by atoms with van der Waals surface area (Å²) in [6.07, 6.45) is 4.32.